The number of piperazine rings is 1. The minimum atomic E-state index is -0.361. The molecule has 3 aliphatic rings. The van der Waals surface area contributed by atoms with Crippen LogP contribution in [0.1, 0.15) is 36.8 Å². The zero-order valence-corrected chi connectivity index (χ0v) is 18.9. The van der Waals surface area contributed by atoms with Crippen molar-refractivity contribution in [1.82, 2.24) is 14.7 Å². The lowest BCUT2D eigenvalue weighted by molar-refractivity contribution is -0.147. The first kappa shape index (κ1) is 21.8. The van der Waals surface area contributed by atoms with E-state index >= 15 is 0 Å². The average molecular weight is 450 g/mol. The molecule has 3 aliphatic heterocycles. The molecule has 2 aromatic carbocycles. The van der Waals surface area contributed by atoms with E-state index in [9.17, 15) is 9.59 Å². The molecule has 0 radical (unpaired) electrons. The molecule has 3 heterocycles. The van der Waals surface area contributed by atoms with E-state index < -0.39 is 0 Å². The van der Waals surface area contributed by atoms with Gasteiger partial charge in [0.1, 0.15) is 6.04 Å². The van der Waals surface area contributed by atoms with Crippen LogP contribution in [-0.4, -0.2) is 65.5 Å². The van der Waals surface area contributed by atoms with Gasteiger partial charge in [0.05, 0.1) is 0 Å². The van der Waals surface area contributed by atoms with Crippen molar-refractivity contribution in [3.05, 3.63) is 59.7 Å². The van der Waals surface area contributed by atoms with Crippen LogP contribution in [0.2, 0.25) is 0 Å². The highest BCUT2D eigenvalue weighted by molar-refractivity contribution is 5.88. The standard InChI is InChI=1S/C26H31N3O4/c30-25-9-5-4-8-22(29(25)18-20-6-2-1-3-7-20)26(31)28-14-12-27(13-15-28)17-21-10-11-23-24(16-21)33-19-32-23/h1-3,6-7,10-11,16,22H,4-5,8-9,12-15,17-19H2. The number of amides is 2. The Hall–Kier alpha value is -3.06. The molecule has 0 N–H and O–H groups in total. The summed E-state index contributed by atoms with van der Waals surface area (Å²) >= 11 is 0. The first-order valence-electron chi connectivity index (χ1n) is 11.9. The van der Waals surface area contributed by atoms with Crippen molar-refractivity contribution in [3.8, 4) is 11.5 Å². The van der Waals surface area contributed by atoms with Gasteiger partial charge in [0, 0.05) is 45.7 Å². The molecule has 0 aliphatic carbocycles. The van der Waals surface area contributed by atoms with Crippen LogP contribution in [0, 0.1) is 0 Å². The number of hydrogen-bond donors (Lipinski definition) is 0. The summed E-state index contributed by atoms with van der Waals surface area (Å²) in [5.74, 6) is 1.80. The number of benzene rings is 2. The average Bonchev–Trinajstić information content (AvgIpc) is 3.24. The SMILES string of the molecule is O=C(C1CCCCC(=O)N1Cc1ccccc1)N1CCN(Cc2ccc3c(c2)OCO3)CC1. The molecule has 2 saturated heterocycles. The van der Waals surface area contributed by atoms with E-state index in [2.05, 4.69) is 11.0 Å². The molecule has 0 bridgehead atoms. The normalized spacial score (nSPS) is 21.2. The van der Waals surface area contributed by atoms with Crippen molar-refractivity contribution in [3.63, 3.8) is 0 Å². The summed E-state index contributed by atoms with van der Waals surface area (Å²) in [5, 5.41) is 0. The molecule has 2 aromatic rings. The van der Waals surface area contributed by atoms with E-state index in [1.165, 1.54) is 5.56 Å². The highest BCUT2D eigenvalue weighted by Crippen LogP contribution is 2.33. The lowest BCUT2D eigenvalue weighted by Crippen LogP contribution is -2.55. The molecule has 2 amide bonds. The maximum Gasteiger partial charge on any atom is 0.245 e. The summed E-state index contributed by atoms with van der Waals surface area (Å²) in [4.78, 5) is 32.5. The van der Waals surface area contributed by atoms with Crippen molar-refractivity contribution < 1.29 is 19.1 Å². The van der Waals surface area contributed by atoms with Gasteiger partial charge in [-0.2, -0.15) is 0 Å². The third-order valence-electron chi connectivity index (χ3n) is 6.82. The van der Waals surface area contributed by atoms with Gasteiger partial charge in [0.25, 0.3) is 0 Å². The van der Waals surface area contributed by atoms with Gasteiger partial charge < -0.3 is 19.3 Å². The fraction of sp³-hybridized carbons (Fsp3) is 0.462. The monoisotopic (exact) mass is 449 g/mol. The second-order valence-electron chi connectivity index (χ2n) is 9.06. The number of fused-ring (bicyclic) bond motifs is 1. The lowest BCUT2D eigenvalue weighted by atomic mass is 10.1. The molecule has 33 heavy (non-hydrogen) atoms. The Morgan fingerprint density at radius 3 is 2.48 bits per heavy atom. The van der Waals surface area contributed by atoms with Crippen LogP contribution < -0.4 is 9.47 Å². The van der Waals surface area contributed by atoms with Crippen molar-refractivity contribution in [2.24, 2.45) is 0 Å². The van der Waals surface area contributed by atoms with Crippen molar-refractivity contribution >= 4 is 11.8 Å². The molecule has 0 saturated carbocycles. The van der Waals surface area contributed by atoms with Gasteiger partial charge >= 0.3 is 0 Å². The maximum atomic E-state index is 13.5. The summed E-state index contributed by atoms with van der Waals surface area (Å²) in [6, 6.07) is 15.7. The Labute approximate surface area is 194 Å². The van der Waals surface area contributed by atoms with Gasteiger partial charge in [-0.1, -0.05) is 42.8 Å². The third-order valence-corrected chi connectivity index (χ3v) is 6.82. The van der Waals surface area contributed by atoms with E-state index in [0.717, 1.165) is 56.0 Å². The van der Waals surface area contributed by atoms with Crippen molar-refractivity contribution in [1.29, 1.82) is 0 Å². The van der Waals surface area contributed by atoms with Gasteiger partial charge in [0.2, 0.25) is 18.6 Å². The fourth-order valence-corrected chi connectivity index (χ4v) is 4.96. The molecule has 7 nitrogen and oxygen atoms in total. The molecule has 1 unspecified atom stereocenters. The zero-order chi connectivity index (χ0) is 22.6. The summed E-state index contributed by atoms with van der Waals surface area (Å²) < 4.78 is 10.9. The predicted octanol–water partition coefficient (Wildman–Crippen LogP) is 3.03. The van der Waals surface area contributed by atoms with E-state index in [1.54, 1.807) is 0 Å². The zero-order valence-electron chi connectivity index (χ0n) is 18.9. The minimum absolute atomic E-state index is 0.0937. The molecule has 2 fully saturated rings. The van der Waals surface area contributed by atoms with E-state index in [0.29, 0.717) is 26.1 Å². The van der Waals surface area contributed by atoms with Gasteiger partial charge in [0.15, 0.2) is 11.5 Å². The smallest absolute Gasteiger partial charge is 0.245 e. The first-order chi connectivity index (χ1) is 16.2. The van der Waals surface area contributed by atoms with Gasteiger partial charge in [-0.15, -0.1) is 0 Å². The molecular formula is C26H31N3O4. The van der Waals surface area contributed by atoms with Crippen LogP contribution in [-0.2, 0) is 22.7 Å². The van der Waals surface area contributed by atoms with Gasteiger partial charge in [-0.3, -0.25) is 14.5 Å². The van der Waals surface area contributed by atoms with E-state index in [1.807, 2.05) is 52.3 Å². The Morgan fingerprint density at radius 2 is 1.67 bits per heavy atom. The Bertz CT molecular complexity index is 988. The molecular weight excluding hydrogens is 418 g/mol. The Balaban J connectivity index is 1.21. The van der Waals surface area contributed by atoms with Crippen LogP contribution >= 0.6 is 0 Å². The molecule has 7 heteroatoms. The number of likely N-dealkylation sites (tertiary alicyclic amines) is 1. The Kier molecular flexibility index (Phi) is 6.48. The number of carbonyl (C=O) groups is 2. The largest absolute Gasteiger partial charge is 0.454 e. The second kappa shape index (κ2) is 9.83. The van der Waals surface area contributed by atoms with Crippen molar-refractivity contribution in [2.75, 3.05) is 33.0 Å². The second-order valence-corrected chi connectivity index (χ2v) is 9.06. The molecule has 174 valence electrons. The summed E-state index contributed by atoms with van der Waals surface area (Å²) in [6.45, 7) is 4.62. The number of nitrogens with zero attached hydrogens (tertiary/aromatic N) is 3. The lowest BCUT2D eigenvalue weighted by Gasteiger charge is -2.38. The Morgan fingerprint density at radius 1 is 0.879 bits per heavy atom. The molecule has 0 spiro atoms. The summed E-state index contributed by atoms with van der Waals surface area (Å²) in [7, 11) is 0. The third kappa shape index (κ3) is 4.98. The highest BCUT2D eigenvalue weighted by Gasteiger charge is 2.35. The summed E-state index contributed by atoms with van der Waals surface area (Å²) in [5.41, 5.74) is 2.25. The number of hydrogen-bond acceptors (Lipinski definition) is 5. The molecule has 0 aromatic heterocycles. The van der Waals surface area contributed by atoms with Crippen LogP contribution in [0.25, 0.3) is 0 Å². The maximum absolute atomic E-state index is 13.5. The molecule has 1 atom stereocenters. The van der Waals surface area contributed by atoms with Crippen LogP contribution in [0.4, 0.5) is 0 Å². The van der Waals surface area contributed by atoms with Gasteiger partial charge in [-0.05, 0) is 36.1 Å². The van der Waals surface area contributed by atoms with Crippen LogP contribution in [0.5, 0.6) is 11.5 Å². The predicted molar refractivity (Wildman–Crippen MR) is 124 cm³/mol. The minimum Gasteiger partial charge on any atom is -0.454 e. The fourth-order valence-electron chi connectivity index (χ4n) is 4.96. The van der Waals surface area contributed by atoms with E-state index in [-0.39, 0.29) is 24.6 Å². The van der Waals surface area contributed by atoms with E-state index in [4.69, 9.17) is 9.47 Å². The quantitative estimate of drug-likeness (QED) is 0.702. The topological polar surface area (TPSA) is 62.3 Å². The van der Waals surface area contributed by atoms with Crippen molar-refractivity contribution in [2.45, 2.75) is 44.8 Å². The number of rotatable bonds is 5. The van der Waals surface area contributed by atoms with Crippen LogP contribution in [0.15, 0.2) is 48.5 Å². The molecule has 5 rings (SSSR count). The summed E-state index contributed by atoms with van der Waals surface area (Å²) in [6.07, 6.45) is 3.05. The number of ether oxygens (including phenoxy) is 2. The highest BCUT2D eigenvalue weighted by atomic mass is 16.7. The first-order valence-corrected chi connectivity index (χ1v) is 11.9. The van der Waals surface area contributed by atoms with Crippen LogP contribution in [0.3, 0.4) is 0 Å². The van der Waals surface area contributed by atoms with Gasteiger partial charge in [-0.25, -0.2) is 0 Å². The number of carbonyl (C=O) groups excluding carboxylic acids is 2.